The van der Waals surface area contributed by atoms with Gasteiger partial charge in [-0.15, -0.1) is 0 Å². The molecule has 214 valence electrons. The third kappa shape index (κ3) is 4.41. The van der Waals surface area contributed by atoms with Gasteiger partial charge < -0.3 is 44.2 Å². The molecular formula is C29H27N2O10-. The average Bonchev–Trinajstić information content (AvgIpc) is 3.61. The Balaban J connectivity index is 1.47. The summed E-state index contributed by atoms with van der Waals surface area (Å²) in [5, 5.41) is 23.1. The second-order valence-electron chi connectivity index (χ2n) is 9.86. The SMILES string of the molecule is COc1cc([C@@H]2c3cc4c(cc3[C@@H](NC(=O)c3ccc(N([O-])O)cc3)[C@H]3COC(=O)[C@H]23)OCO4)cc(OC)c1OC. The number of hydrogen-bond acceptors (Lipinski definition) is 11. The molecule has 6 rings (SSSR count). The summed E-state index contributed by atoms with van der Waals surface area (Å²) >= 11 is 0. The summed E-state index contributed by atoms with van der Waals surface area (Å²) < 4.78 is 33.6. The molecule has 12 heteroatoms. The molecule has 12 nitrogen and oxygen atoms in total. The third-order valence-electron chi connectivity index (χ3n) is 7.87. The topological polar surface area (TPSA) is 148 Å². The minimum absolute atomic E-state index is 0.0136. The third-order valence-corrected chi connectivity index (χ3v) is 7.87. The summed E-state index contributed by atoms with van der Waals surface area (Å²) in [7, 11) is 4.56. The second kappa shape index (κ2) is 10.4. The van der Waals surface area contributed by atoms with Crippen LogP contribution in [0, 0.1) is 17.0 Å². The fraction of sp³-hybridized carbons (Fsp3) is 0.310. The number of carbonyl (C=O) groups is 2. The summed E-state index contributed by atoms with van der Waals surface area (Å²) in [5.74, 6) is -0.0355. The van der Waals surface area contributed by atoms with Crippen LogP contribution in [0.25, 0.3) is 0 Å². The van der Waals surface area contributed by atoms with Gasteiger partial charge in [0.15, 0.2) is 23.0 Å². The Hall–Kier alpha value is -4.68. The van der Waals surface area contributed by atoms with Crippen molar-refractivity contribution in [3.05, 3.63) is 76.0 Å². The molecule has 1 saturated heterocycles. The van der Waals surface area contributed by atoms with Crippen LogP contribution in [0.3, 0.4) is 0 Å². The Morgan fingerprint density at radius 2 is 1.59 bits per heavy atom. The summed E-state index contributed by atoms with van der Waals surface area (Å²) in [6.07, 6.45) is 0. The van der Waals surface area contributed by atoms with Crippen molar-refractivity contribution < 1.29 is 43.2 Å². The molecule has 0 radical (unpaired) electrons. The van der Waals surface area contributed by atoms with E-state index in [0.717, 1.165) is 16.7 Å². The molecular weight excluding hydrogens is 536 g/mol. The van der Waals surface area contributed by atoms with Crippen molar-refractivity contribution in [1.82, 2.24) is 5.32 Å². The molecule has 3 aliphatic rings. The number of amides is 1. The van der Waals surface area contributed by atoms with Gasteiger partial charge in [0.25, 0.3) is 5.91 Å². The summed E-state index contributed by atoms with van der Waals surface area (Å²) in [6.45, 7) is 0.144. The Morgan fingerprint density at radius 1 is 0.951 bits per heavy atom. The number of nitrogens with zero attached hydrogens (tertiary/aromatic N) is 1. The van der Waals surface area contributed by atoms with Gasteiger partial charge in [-0.1, -0.05) is 0 Å². The highest BCUT2D eigenvalue weighted by Crippen LogP contribution is 2.55. The number of ether oxygens (including phenoxy) is 6. The largest absolute Gasteiger partial charge is 0.733 e. The highest BCUT2D eigenvalue weighted by atomic mass is 16.8. The number of esters is 1. The van der Waals surface area contributed by atoms with Crippen molar-refractivity contribution >= 4 is 17.6 Å². The van der Waals surface area contributed by atoms with Crippen molar-refractivity contribution in [1.29, 1.82) is 0 Å². The number of anilines is 1. The Morgan fingerprint density at radius 3 is 2.17 bits per heavy atom. The Labute approximate surface area is 234 Å². The van der Waals surface area contributed by atoms with E-state index in [0.29, 0.717) is 28.7 Å². The van der Waals surface area contributed by atoms with Crippen LogP contribution in [0.4, 0.5) is 5.69 Å². The molecule has 1 fully saturated rings. The predicted molar refractivity (Wildman–Crippen MR) is 143 cm³/mol. The quantitative estimate of drug-likeness (QED) is 0.321. The maximum absolute atomic E-state index is 13.4. The van der Waals surface area contributed by atoms with Crippen molar-refractivity contribution in [3.8, 4) is 28.7 Å². The molecule has 1 amide bonds. The van der Waals surface area contributed by atoms with Crippen LogP contribution in [-0.2, 0) is 9.53 Å². The Kier molecular flexibility index (Phi) is 6.72. The lowest BCUT2D eigenvalue weighted by molar-refractivity contribution is -0.141. The maximum atomic E-state index is 13.4. The van der Waals surface area contributed by atoms with Gasteiger partial charge in [-0.3, -0.25) is 14.8 Å². The number of benzene rings is 3. The minimum atomic E-state index is -0.651. The summed E-state index contributed by atoms with van der Waals surface area (Å²) in [5.41, 5.74) is 2.50. The Bertz CT molecular complexity index is 1480. The molecule has 3 aromatic carbocycles. The van der Waals surface area contributed by atoms with Crippen LogP contribution >= 0.6 is 0 Å². The van der Waals surface area contributed by atoms with Crippen LogP contribution in [0.5, 0.6) is 28.7 Å². The first kappa shape index (κ1) is 26.5. The number of fused-ring (bicyclic) bond motifs is 3. The zero-order valence-corrected chi connectivity index (χ0v) is 22.4. The summed E-state index contributed by atoms with van der Waals surface area (Å²) in [4.78, 5) is 26.7. The average molecular weight is 564 g/mol. The highest BCUT2D eigenvalue weighted by molar-refractivity contribution is 5.95. The zero-order chi connectivity index (χ0) is 28.8. The normalized spacial score (nSPS) is 21.8. The van der Waals surface area contributed by atoms with E-state index in [1.54, 1.807) is 0 Å². The monoisotopic (exact) mass is 563 g/mol. The number of cyclic esters (lactones) is 1. The van der Waals surface area contributed by atoms with Crippen molar-refractivity contribution in [2.75, 3.05) is 40.0 Å². The van der Waals surface area contributed by atoms with E-state index in [2.05, 4.69) is 5.32 Å². The lowest BCUT2D eigenvalue weighted by atomic mass is 9.65. The van der Waals surface area contributed by atoms with Crippen LogP contribution < -0.4 is 34.2 Å². The molecule has 0 saturated carbocycles. The molecule has 1 aliphatic carbocycles. The minimum Gasteiger partial charge on any atom is -0.733 e. The maximum Gasteiger partial charge on any atom is 0.310 e. The molecule has 0 unspecified atom stereocenters. The van der Waals surface area contributed by atoms with Crippen molar-refractivity contribution in [3.63, 3.8) is 0 Å². The lowest BCUT2D eigenvalue weighted by Gasteiger charge is -2.39. The van der Waals surface area contributed by atoms with Crippen LogP contribution in [0.15, 0.2) is 48.5 Å². The van der Waals surface area contributed by atoms with E-state index in [9.17, 15) is 14.8 Å². The van der Waals surface area contributed by atoms with Gasteiger partial charge in [0.1, 0.15) is 0 Å². The molecule has 2 heterocycles. The van der Waals surface area contributed by atoms with Gasteiger partial charge in [0.05, 0.1) is 45.6 Å². The first-order valence-electron chi connectivity index (χ1n) is 12.8. The highest BCUT2D eigenvalue weighted by Gasteiger charge is 2.53. The standard InChI is InChI=1S/C29H27N2O10/c1-36-22-8-15(9-23(37-2)27(22)38-3)24-17-10-20-21(41-13-40-20)11-18(17)26(19-12-39-29(33)25(19)24)30-28(32)14-4-6-16(7-5-14)31(34)35/h4-11,19,24-26,34H,12-13H2,1-3H3,(H,30,32)/q-1/t19-,24+,25-,26+/m0/s1. The zero-order valence-electron chi connectivity index (χ0n) is 22.4. The van der Waals surface area contributed by atoms with E-state index in [4.69, 9.17) is 33.6 Å². The lowest BCUT2D eigenvalue weighted by Crippen LogP contribution is -2.42. The van der Waals surface area contributed by atoms with Crippen LogP contribution in [0.1, 0.15) is 39.0 Å². The van der Waals surface area contributed by atoms with Gasteiger partial charge in [-0.25, -0.2) is 0 Å². The fourth-order valence-corrected chi connectivity index (χ4v) is 5.99. The van der Waals surface area contributed by atoms with Gasteiger partial charge in [-0.05, 0) is 65.2 Å². The van der Waals surface area contributed by atoms with Gasteiger partial charge >= 0.3 is 5.97 Å². The number of rotatable bonds is 7. The molecule has 2 aliphatic heterocycles. The number of nitrogens with one attached hydrogen (secondary N) is 1. The molecule has 0 bridgehead atoms. The molecule has 3 aromatic rings. The molecule has 0 spiro atoms. The predicted octanol–water partition coefficient (Wildman–Crippen LogP) is 3.54. The molecule has 0 aromatic heterocycles. The molecule has 4 atom stereocenters. The fourth-order valence-electron chi connectivity index (χ4n) is 5.99. The van der Waals surface area contributed by atoms with E-state index >= 15 is 0 Å². The van der Waals surface area contributed by atoms with E-state index < -0.39 is 29.7 Å². The first-order valence-corrected chi connectivity index (χ1v) is 12.8. The van der Waals surface area contributed by atoms with Gasteiger partial charge in [0.2, 0.25) is 12.5 Å². The number of carbonyl (C=O) groups excluding carboxylic acids is 2. The van der Waals surface area contributed by atoms with E-state index in [1.165, 1.54) is 45.6 Å². The van der Waals surface area contributed by atoms with Crippen molar-refractivity contribution in [2.45, 2.75) is 12.0 Å². The first-order chi connectivity index (χ1) is 19.8. The summed E-state index contributed by atoms with van der Waals surface area (Å²) in [6, 6.07) is 12.2. The molecule has 2 N–H and O–H groups in total. The van der Waals surface area contributed by atoms with E-state index in [1.807, 2.05) is 24.3 Å². The van der Waals surface area contributed by atoms with Crippen LogP contribution in [0.2, 0.25) is 0 Å². The van der Waals surface area contributed by atoms with Crippen molar-refractivity contribution in [2.24, 2.45) is 11.8 Å². The van der Waals surface area contributed by atoms with E-state index in [-0.39, 0.29) is 35.8 Å². The molecule has 41 heavy (non-hydrogen) atoms. The second-order valence-corrected chi connectivity index (χ2v) is 9.86. The smallest absolute Gasteiger partial charge is 0.310 e. The van der Waals surface area contributed by atoms with Gasteiger partial charge in [0, 0.05) is 17.4 Å². The van der Waals surface area contributed by atoms with Crippen LogP contribution in [-0.4, -0.2) is 51.8 Å². The van der Waals surface area contributed by atoms with Gasteiger partial charge in [-0.2, -0.15) is 0 Å². The number of methoxy groups -OCH3 is 3. The number of hydrogen-bond donors (Lipinski definition) is 2.